The molecule has 0 saturated carbocycles. The fraction of sp³-hybridized carbons (Fsp3) is 0.111. The highest BCUT2D eigenvalue weighted by atomic mass is 127. The van der Waals surface area contributed by atoms with Crippen molar-refractivity contribution >= 4 is 56.6 Å². The number of thiol groups is 1. The maximum atomic E-state index is 4.42. The molecule has 0 amide bonds. The molecule has 0 radical (unpaired) electrons. The summed E-state index contributed by atoms with van der Waals surface area (Å²) in [5, 5.41) is 1.34. The summed E-state index contributed by atoms with van der Waals surface area (Å²) in [5.41, 5.74) is 1.34. The van der Waals surface area contributed by atoms with E-state index >= 15 is 0 Å². The second-order valence-electron chi connectivity index (χ2n) is 2.69. The number of benzene rings is 1. The van der Waals surface area contributed by atoms with Crippen LogP contribution in [0.5, 0.6) is 0 Å². The SMILES string of the molecule is Cc1ccc(S)c2sc(I)cc12. The van der Waals surface area contributed by atoms with E-state index in [4.69, 9.17) is 0 Å². The monoisotopic (exact) mass is 306 g/mol. The molecule has 0 N–H and O–H groups in total. The van der Waals surface area contributed by atoms with Gasteiger partial charge in [0.15, 0.2) is 0 Å². The Kier molecular flexibility index (Phi) is 2.35. The van der Waals surface area contributed by atoms with Crippen molar-refractivity contribution < 1.29 is 0 Å². The fourth-order valence-corrected chi connectivity index (χ4v) is 3.39. The van der Waals surface area contributed by atoms with E-state index in [1.54, 1.807) is 11.3 Å². The van der Waals surface area contributed by atoms with Crippen LogP contribution in [0.15, 0.2) is 23.1 Å². The molecular weight excluding hydrogens is 299 g/mol. The van der Waals surface area contributed by atoms with Crippen LogP contribution in [0, 0.1) is 9.81 Å². The van der Waals surface area contributed by atoms with Crippen molar-refractivity contribution in [3.05, 3.63) is 26.6 Å². The quantitative estimate of drug-likeness (QED) is 0.550. The predicted octanol–water partition coefficient (Wildman–Crippen LogP) is 4.10. The Hall–Kier alpha value is 0.260. The molecule has 2 rings (SSSR count). The lowest BCUT2D eigenvalue weighted by molar-refractivity contribution is 1.49. The van der Waals surface area contributed by atoms with Gasteiger partial charge in [0, 0.05) is 9.60 Å². The zero-order valence-electron chi connectivity index (χ0n) is 6.47. The van der Waals surface area contributed by atoms with Gasteiger partial charge in [0.2, 0.25) is 0 Å². The molecule has 0 aliphatic carbocycles. The first-order valence-electron chi connectivity index (χ1n) is 3.56. The first kappa shape index (κ1) is 8.84. The molecule has 0 unspecified atom stereocenters. The van der Waals surface area contributed by atoms with Crippen LogP contribution < -0.4 is 0 Å². The molecule has 2 aromatic rings. The summed E-state index contributed by atoms with van der Waals surface area (Å²) in [4.78, 5) is 1.09. The lowest BCUT2D eigenvalue weighted by Crippen LogP contribution is -1.72. The van der Waals surface area contributed by atoms with Crippen molar-refractivity contribution in [3.8, 4) is 0 Å². The Morgan fingerprint density at radius 3 is 2.83 bits per heavy atom. The first-order valence-corrected chi connectivity index (χ1v) is 5.90. The maximum Gasteiger partial charge on any atom is 0.0666 e. The largest absolute Gasteiger partial charge is 0.142 e. The van der Waals surface area contributed by atoms with Gasteiger partial charge < -0.3 is 0 Å². The standard InChI is InChI=1S/C9H7IS2/c1-5-2-3-7(11)9-6(5)4-8(10)12-9/h2-4,11H,1H3. The van der Waals surface area contributed by atoms with Crippen molar-refractivity contribution in [2.45, 2.75) is 11.8 Å². The molecule has 0 spiro atoms. The second-order valence-corrected chi connectivity index (χ2v) is 6.12. The van der Waals surface area contributed by atoms with Gasteiger partial charge in [0.1, 0.15) is 0 Å². The van der Waals surface area contributed by atoms with E-state index in [1.165, 1.54) is 18.5 Å². The minimum atomic E-state index is 1.09. The highest BCUT2D eigenvalue weighted by Gasteiger charge is 2.04. The Morgan fingerprint density at radius 1 is 1.42 bits per heavy atom. The molecule has 0 atom stereocenters. The second kappa shape index (κ2) is 3.20. The summed E-state index contributed by atoms with van der Waals surface area (Å²) in [5.74, 6) is 0. The number of aryl methyl sites for hydroxylation is 1. The van der Waals surface area contributed by atoms with E-state index < -0.39 is 0 Å². The van der Waals surface area contributed by atoms with Gasteiger partial charge in [-0.25, -0.2) is 0 Å². The van der Waals surface area contributed by atoms with Crippen molar-refractivity contribution in [2.24, 2.45) is 0 Å². The molecule has 0 nitrogen and oxygen atoms in total. The third-order valence-corrected chi connectivity index (χ3v) is 4.30. The fourth-order valence-electron chi connectivity index (χ4n) is 1.21. The summed E-state index contributed by atoms with van der Waals surface area (Å²) < 4.78 is 2.63. The highest BCUT2D eigenvalue weighted by Crippen LogP contribution is 2.33. The average Bonchev–Trinajstić information content (AvgIpc) is 2.41. The summed E-state index contributed by atoms with van der Waals surface area (Å²) in [6.07, 6.45) is 0. The molecule has 3 heteroatoms. The lowest BCUT2D eigenvalue weighted by atomic mass is 10.2. The van der Waals surface area contributed by atoms with E-state index in [0.717, 1.165) is 4.90 Å². The van der Waals surface area contributed by atoms with Crippen molar-refractivity contribution in [3.63, 3.8) is 0 Å². The molecule has 0 bridgehead atoms. The minimum absolute atomic E-state index is 1.09. The van der Waals surface area contributed by atoms with Crippen LogP contribution >= 0.6 is 46.6 Å². The van der Waals surface area contributed by atoms with Crippen LogP contribution in [0.1, 0.15) is 5.56 Å². The minimum Gasteiger partial charge on any atom is -0.142 e. The summed E-state index contributed by atoms with van der Waals surface area (Å²) in [6.45, 7) is 2.14. The van der Waals surface area contributed by atoms with Gasteiger partial charge in [0.25, 0.3) is 0 Å². The van der Waals surface area contributed by atoms with Gasteiger partial charge in [-0.3, -0.25) is 0 Å². The van der Waals surface area contributed by atoms with E-state index in [2.05, 4.69) is 60.3 Å². The number of fused-ring (bicyclic) bond motifs is 1. The van der Waals surface area contributed by atoms with Crippen LogP contribution in [0.4, 0.5) is 0 Å². The van der Waals surface area contributed by atoms with Gasteiger partial charge in [0.05, 0.1) is 2.88 Å². The predicted molar refractivity (Wildman–Crippen MR) is 66.5 cm³/mol. The Morgan fingerprint density at radius 2 is 2.17 bits per heavy atom. The van der Waals surface area contributed by atoms with Crippen LogP contribution in [0.3, 0.4) is 0 Å². The molecule has 12 heavy (non-hydrogen) atoms. The van der Waals surface area contributed by atoms with Gasteiger partial charge in [-0.2, -0.15) is 0 Å². The third kappa shape index (κ3) is 1.38. The average molecular weight is 306 g/mol. The number of thiophene rings is 1. The summed E-state index contributed by atoms with van der Waals surface area (Å²) >= 11 is 8.57. The summed E-state index contributed by atoms with van der Waals surface area (Å²) in [7, 11) is 0. The number of hydrogen-bond acceptors (Lipinski definition) is 2. The van der Waals surface area contributed by atoms with Crippen LogP contribution in [-0.4, -0.2) is 0 Å². The van der Waals surface area contributed by atoms with Gasteiger partial charge in [-0.05, 0) is 52.6 Å². The van der Waals surface area contributed by atoms with E-state index in [-0.39, 0.29) is 0 Å². The highest BCUT2D eigenvalue weighted by molar-refractivity contribution is 14.1. The molecule has 62 valence electrons. The number of rotatable bonds is 0. The molecule has 0 aliphatic rings. The lowest BCUT2D eigenvalue weighted by Gasteiger charge is -1.96. The van der Waals surface area contributed by atoms with E-state index in [1.807, 2.05) is 0 Å². The van der Waals surface area contributed by atoms with Crippen LogP contribution in [0.2, 0.25) is 0 Å². The molecule has 0 fully saturated rings. The van der Waals surface area contributed by atoms with Crippen molar-refractivity contribution in [1.29, 1.82) is 0 Å². The first-order chi connectivity index (χ1) is 5.68. The zero-order chi connectivity index (χ0) is 8.72. The number of halogens is 1. The zero-order valence-corrected chi connectivity index (χ0v) is 10.3. The Bertz CT molecular complexity index is 392. The third-order valence-electron chi connectivity index (χ3n) is 1.85. The van der Waals surface area contributed by atoms with Crippen molar-refractivity contribution in [2.75, 3.05) is 0 Å². The molecular formula is C9H7IS2. The van der Waals surface area contributed by atoms with Gasteiger partial charge >= 0.3 is 0 Å². The van der Waals surface area contributed by atoms with Gasteiger partial charge in [-0.15, -0.1) is 24.0 Å². The molecule has 1 heterocycles. The van der Waals surface area contributed by atoms with E-state index in [9.17, 15) is 0 Å². The topological polar surface area (TPSA) is 0 Å². The molecule has 0 saturated heterocycles. The van der Waals surface area contributed by atoms with Crippen LogP contribution in [0.25, 0.3) is 10.1 Å². The van der Waals surface area contributed by atoms with Gasteiger partial charge in [-0.1, -0.05) is 6.07 Å². The van der Waals surface area contributed by atoms with E-state index in [0.29, 0.717) is 0 Å². The maximum absolute atomic E-state index is 4.42. The summed E-state index contributed by atoms with van der Waals surface area (Å²) in [6, 6.07) is 6.40. The normalized spacial score (nSPS) is 10.9. The molecule has 1 aromatic heterocycles. The molecule has 1 aromatic carbocycles. The molecule has 0 aliphatic heterocycles. The number of hydrogen-bond donors (Lipinski definition) is 1. The van der Waals surface area contributed by atoms with Crippen molar-refractivity contribution in [1.82, 2.24) is 0 Å². The van der Waals surface area contributed by atoms with Crippen LogP contribution in [-0.2, 0) is 0 Å². The Labute approximate surface area is 94.5 Å². The smallest absolute Gasteiger partial charge is 0.0666 e. The Balaban J connectivity index is 2.93.